The third-order valence-electron chi connectivity index (χ3n) is 3.37. The Labute approximate surface area is 105 Å². The summed E-state index contributed by atoms with van der Waals surface area (Å²) in [4.78, 5) is 7.34. The Bertz CT molecular complexity index is 690. The average molecular weight is 266 g/mol. The number of imidazole rings is 1. The fourth-order valence-electron chi connectivity index (χ4n) is 2.43. The minimum absolute atomic E-state index is 0.143. The Morgan fingerprint density at radius 2 is 2.17 bits per heavy atom. The van der Waals surface area contributed by atoms with Crippen molar-refractivity contribution in [2.75, 3.05) is 5.75 Å². The zero-order chi connectivity index (χ0) is 12.8. The number of aromatic nitrogens is 2. The topological polar surface area (TPSA) is 83.1 Å². The van der Waals surface area contributed by atoms with Gasteiger partial charge in [-0.05, 0) is 25.0 Å². The van der Waals surface area contributed by atoms with Gasteiger partial charge in [0, 0.05) is 6.07 Å². The van der Waals surface area contributed by atoms with Crippen molar-refractivity contribution in [3.63, 3.8) is 0 Å². The second kappa shape index (κ2) is 3.98. The molecule has 1 fully saturated rings. The lowest BCUT2D eigenvalue weighted by molar-refractivity contribution is 0.476. The molecular weight excluding hydrogens is 252 g/mol. The van der Waals surface area contributed by atoms with Gasteiger partial charge in [0.15, 0.2) is 9.84 Å². The van der Waals surface area contributed by atoms with Gasteiger partial charge in [-0.2, -0.15) is 0 Å². The molecule has 2 heterocycles. The first kappa shape index (κ1) is 11.5. The van der Waals surface area contributed by atoms with Gasteiger partial charge in [-0.15, -0.1) is 0 Å². The van der Waals surface area contributed by atoms with E-state index in [4.69, 9.17) is 0 Å². The quantitative estimate of drug-likeness (QED) is 0.826. The number of benzene rings is 1. The second-order valence-electron chi connectivity index (χ2n) is 4.67. The number of phenols is 1. The number of fused-ring (bicyclic) bond motifs is 1. The van der Waals surface area contributed by atoms with Crippen LogP contribution in [-0.4, -0.2) is 29.2 Å². The van der Waals surface area contributed by atoms with Gasteiger partial charge in [-0.1, -0.05) is 6.42 Å². The van der Waals surface area contributed by atoms with Crippen LogP contribution in [0, 0.1) is 0 Å². The molecule has 0 aliphatic carbocycles. The number of H-pyrrole nitrogens is 1. The Morgan fingerprint density at radius 3 is 2.94 bits per heavy atom. The fraction of sp³-hybridized carbons (Fsp3) is 0.417. The van der Waals surface area contributed by atoms with E-state index >= 15 is 0 Å². The van der Waals surface area contributed by atoms with Crippen LogP contribution in [0.25, 0.3) is 11.0 Å². The number of aromatic hydroxyl groups is 1. The zero-order valence-corrected chi connectivity index (χ0v) is 10.6. The molecular formula is C12H14N2O3S. The lowest BCUT2D eigenvalue weighted by Gasteiger charge is -2.19. The third kappa shape index (κ3) is 1.86. The lowest BCUT2D eigenvalue weighted by atomic mass is 10.2. The van der Waals surface area contributed by atoms with E-state index in [0.29, 0.717) is 23.3 Å². The van der Waals surface area contributed by atoms with Crippen LogP contribution in [0.15, 0.2) is 18.2 Å². The van der Waals surface area contributed by atoms with Gasteiger partial charge >= 0.3 is 0 Å². The Kier molecular flexibility index (Phi) is 2.55. The molecule has 1 unspecified atom stereocenters. The number of hydrogen-bond acceptors (Lipinski definition) is 4. The molecule has 3 rings (SSSR count). The molecule has 1 aromatic heterocycles. The zero-order valence-electron chi connectivity index (χ0n) is 9.76. The van der Waals surface area contributed by atoms with Gasteiger partial charge < -0.3 is 10.1 Å². The highest BCUT2D eigenvalue weighted by Crippen LogP contribution is 2.33. The predicted octanol–water partition coefficient (Wildman–Crippen LogP) is 1.91. The van der Waals surface area contributed by atoms with Gasteiger partial charge in [0.25, 0.3) is 0 Å². The molecule has 6 heteroatoms. The summed E-state index contributed by atoms with van der Waals surface area (Å²) in [6, 6.07) is 4.78. The molecule has 2 aromatic rings. The molecule has 1 aromatic carbocycles. The van der Waals surface area contributed by atoms with Crippen LogP contribution < -0.4 is 0 Å². The molecule has 5 nitrogen and oxygen atoms in total. The molecule has 0 radical (unpaired) electrons. The molecule has 2 N–H and O–H groups in total. The van der Waals surface area contributed by atoms with Crippen molar-refractivity contribution < 1.29 is 13.5 Å². The van der Waals surface area contributed by atoms with Crippen LogP contribution in [-0.2, 0) is 9.84 Å². The maximum absolute atomic E-state index is 12.0. The van der Waals surface area contributed by atoms with E-state index in [2.05, 4.69) is 9.97 Å². The highest BCUT2D eigenvalue weighted by atomic mass is 32.2. The Hall–Kier alpha value is -1.56. The van der Waals surface area contributed by atoms with Crippen LogP contribution in [0.3, 0.4) is 0 Å². The van der Waals surface area contributed by atoms with Crippen molar-refractivity contribution in [2.24, 2.45) is 0 Å². The van der Waals surface area contributed by atoms with E-state index < -0.39 is 15.1 Å². The average Bonchev–Trinajstić information content (AvgIpc) is 2.70. The summed E-state index contributed by atoms with van der Waals surface area (Å²) in [5, 5.41) is 8.86. The number of nitrogens with one attached hydrogen (secondary N) is 1. The maximum atomic E-state index is 12.0. The van der Waals surface area contributed by atoms with Gasteiger partial charge in [-0.25, -0.2) is 13.4 Å². The monoisotopic (exact) mass is 266 g/mol. The normalized spacial score (nSPS) is 23.2. The summed E-state index contributed by atoms with van der Waals surface area (Å²) in [5.41, 5.74) is 1.36. The number of hydrogen-bond donors (Lipinski definition) is 2. The Balaban J connectivity index is 2.08. The minimum Gasteiger partial charge on any atom is -0.508 e. The molecule has 1 aliphatic rings. The standard InChI is InChI=1S/C12H14N2O3S/c15-8-4-5-9-10(7-8)14-12(13-9)11-3-1-2-6-18(11,16)17/h4-5,7,11,15H,1-3,6H2,(H,13,14). The molecule has 0 amide bonds. The number of rotatable bonds is 1. The third-order valence-corrected chi connectivity index (χ3v) is 5.55. The number of nitrogens with zero attached hydrogens (tertiary/aromatic N) is 1. The van der Waals surface area contributed by atoms with Crippen LogP contribution in [0.5, 0.6) is 5.75 Å². The van der Waals surface area contributed by atoms with Crippen LogP contribution in [0.2, 0.25) is 0 Å². The molecule has 0 spiro atoms. The fourth-order valence-corrected chi connectivity index (χ4v) is 4.30. The first-order valence-electron chi connectivity index (χ1n) is 5.96. The minimum atomic E-state index is -3.09. The lowest BCUT2D eigenvalue weighted by Crippen LogP contribution is -2.22. The summed E-state index contributed by atoms with van der Waals surface area (Å²) >= 11 is 0. The van der Waals surface area contributed by atoms with Crippen LogP contribution >= 0.6 is 0 Å². The van der Waals surface area contributed by atoms with Crippen LogP contribution in [0.4, 0.5) is 0 Å². The summed E-state index contributed by atoms with van der Waals surface area (Å²) in [6.07, 6.45) is 2.26. The number of sulfone groups is 1. The van der Waals surface area contributed by atoms with Crippen molar-refractivity contribution >= 4 is 20.9 Å². The van der Waals surface area contributed by atoms with Crippen molar-refractivity contribution in [1.29, 1.82) is 0 Å². The SMILES string of the molecule is O=S1(=O)CCCCC1c1nc2ccc(O)cc2[nH]1. The predicted molar refractivity (Wildman–Crippen MR) is 68.1 cm³/mol. The molecule has 1 aliphatic heterocycles. The van der Waals surface area contributed by atoms with Gasteiger partial charge in [-0.3, -0.25) is 0 Å². The van der Waals surface area contributed by atoms with E-state index in [-0.39, 0.29) is 11.5 Å². The van der Waals surface area contributed by atoms with E-state index in [1.54, 1.807) is 18.2 Å². The summed E-state index contributed by atoms with van der Waals surface area (Å²) in [6.45, 7) is 0. The highest BCUT2D eigenvalue weighted by molar-refractivity contribution is 7.91. The molecule has 0 bridgehead atoms. The van der Waals surface area contributed by atoms with E-state index in [0.717, 1.165) is 12.8 Å². The highest BCUT2D eigenvalue weighted by Gasteiger charge is 2.32. The van der Waals surface area contributed by atoms with Gasteiger partial charge in [0.05, 0.1) is 16.8 Å². The smallest absolute Gasteiger partial charge is 0.160 e. The van der Waals surface area contributed by atoms with Crippen molar-refractivity contribution in [3.8, 4) is 5.75 Å². The molecule has 1 atom stereocenters. The summed E-state index contributed by atoms with van der Waals surface area (Å²) in [5.74, 6) is 0.875. The maximum Gasteiger partial charge on any atom is 0.160 e. The molecule has 0 saturated carbocycles. The van der Waals surface area contributed by atoms with Gasteiger partial charge in [0.1, 0.15) is 16.8 Å². The first-order valence-corrected chi connectivity index (χ1v) is 7.68. The van der Waals surface area contributed by atoms with E-state index in [1.165, 1.54) is 0 Å². The van der Waals surface area contributed by atoms with Gasteiger partial charge in [0.2, 0.25) is 0 Å². The molecule has 96 valence electrons. The summed E-state index contributed by atoms with van der Waals surface area (Å²) < 4.78 is 24.0. The van der Waals surface area contributed by atoms with Crippen molar-refractivity contribution in [1.82, 2.24) is 9.97 Å². The number of aromatic amines is 1. The van der Waals surface area contributed by atoms with Crippen LogP contribution in [0.1, 0.15) is 30.3 Å². The largest absolute Gasteiger partial charge is 0.508 e. The summed E-state index contributed by atoms with van der Waals surface area (Å²) in [7, 11) is -3.09. The second-order valence-corrected chi connectivity index (χ2v) is 6.98. The first-order chi connectivity index (χ1) is 8.56. The van der Waals surface area contributed by atoms with Crippen molar-refractivity contribution in [3.05, 3.63) is 24.0 Å². The molecule has 1 saturated heterocycles. The van der Waals surface area contributed by atoms with E-state index in [9.17, 15) is 13.5 Å². The number of phenolic OH excluding ortho intramolecular Hbond substituents is 1. The Morgan fingerprint density at radius 1 is 1.33 bits per heavy atom. The van der Waals surface area contributed by atoms with Crippen molar-refractivity contribution in [2.45, 2.75) is 24.5 Å². The van der Waals surface area contributed by atoms with E-state index in [1.807, 2.05) is 0 Å². The molecule has 18 heavy (non-hydrogen) atoms.